The topological polar surface area (TPSA) is 55.2 Å². The number of nitrogens with zero attached hydrogens (tertiary/aromatic N) is 1. The molecule has 0 amide bonds. The maximum Gasteiger partial charge on any atom is 0.269 e. The molecular weight excluding hydrogens is 295 g/mol. The van der Waals surface area contributed by atoms with Crippen LogP contribution in [0.5, 0.6) is 0 Å². The van der Waals surface area contributed by atoms with E-state index in [1.54, 1.807) is 18.2 Å². The largest absolute Gasteiger partial charge is 0.306 e. The molecule has 0 aliphatic carbocycles. The molecule has 2 aromatic carbocycles. The van der Waals surface area contributed by atoms with E-state index in [9.17, 15) is 14.5 Å². The van der Waals surface area contributed by atoms with Gasteiger partial charge in [-0.05, 0) is 30.2 Å². The van der Waals surface area contributed by atoms with Crippen LogP contribution in [0.3, 0.4) is 0 Å². The Balaban J connectivity index is 2.05. The summed E-state index contributed by atoms with van der Waals surface area (Å²) in [6, 6.07) is 10.6. The van der Waals surface area contributed by atoms with E-state index >= 15 is 0 Å². The number of benzene rings is 2. The summed E-state index contributed by atoms with van der Waals surface area (Å²) >= 11 is 6.00. The van der Waals surface area contributed by atoms with Crippen LogP contribution in [-0.2, 0) is 6.54 Å². The molecule has 0 aliphatic heterocycles. The van der Waals surface area contributed by atoms with Crippen molar-refractivity contribution in [2.24, 2.45) is 0 Å². The molecule has 1 atom stereocenters. The summed E-state index contributed by atoms with van der Waals surface area (Å²) in [6.45, 7) is 2.35. The SMILES string of the molecule is CC(NCc1cccc([N+](=O)[O-])c1)c1ccc(F)cc1Cl. The van der Waals surface area contributed by atoms with E-state index in [4.69, 9.17) is 11.6 Å². The van der Waals surface area contributed by atoms with Gasteiger partial charge in [0.1, 0.15) is 5.82 Å². The number of rotatable bonds is 5. The summed E-state index contributed by atoms with van der Waals surface area (Å²) in [5, 5.41) is 14.3. The second-order valence-corrected chi connectivity index (χ2v) is 5.10. The predicted octanol–water partition coefficient (Wildman–Crippen LogP) is 4.24. The fourth-order valence-electron chi connectivity index (χ4n) is 2.01. The van der Waals surface area contributed by atoms with Crippen LogP contribution in [0.4, 0.5) is 10.1 Å². The minimum absolute atomic E-state index is 0.0572. The van der Waals surface area contributed by atoms with Crippen molar-refractivity contribution in [1.29, 1.82) is 0 Å². The van der Waals surface area contributed by atoms with Gasteiger partial charge in [0.15, 0.2) is 0 Å². The van der Waals surface area contributed by atoms with Gasteiger partial charge in [0.2, 0.25) is 0 Å². The van der Waals surface area contributed by atoms with Crippen LogP contribution in [-0.4, -0.2) is 4.92 Å². The van der Waals surface area contributed by atoms with Crippen LogP contribution in [0.25, 0.3) is 0 Å². The highest BCUT2D eigenvalue weighted by Crippen LogP contribution is 2.24. The maximum absolute atomic E-state index is 13.0. The summed E-state index contributed by atoms with van der Waals surface area (Å²) in [4.78, 5) is 10.3. The monoisotopic (exact) mass is 308 g/mol. The number of hydrogen-bond acceptors (Lipinski definition) is 3. The zero-order valence-corrected chi connectivity index (χ0v) is 12.1. The Labute approximate surface area is 126 Å². The smallest absolute Gasteiger partial charge is 0.269 e. The van der Waals surface area contributed by atoms with Gasteiger partial charge in [-0.2, -0.15) is 0 Å². The fraction of sp³-hybridized carbons (Fsp3) is 0.200. The quantitative estimate of drug-likeness (QED) is 0.664. The first kappa shape index (κ1) is 15.4. The van der Waals surface area contributed by atoms with Crippen molar-refractivity contribution in [2.75, 3.05) is 0 Å². The molecule has 0 fully saturated rings. The Bertz CT molecular complexity index is 664. The Morgan fingerprint density at radius 2 is 2.10 bits per heavy atom. The zero-order valence-electron chi connectivity index (χ0n) is 11.3. The van der Waals surface area contributed by atoms with Crippen LogP contribution < -0.4 is 5.32 Å². The minimum atomic E-state index is -0.427. The average molecular weight is 309 g/mol. The van der Waals surface area contributed by atoms with Crippen molar-refractivity contribution in [3.8, 4) is 0 Å². The molecule has 0 saturated heterocycles. The number of nitrogens with one attached hydrogen (secondary N) is 1. The number of halogens is 2. The first-order chi connectivity index (χ1) is 9.97. The minimum Gasteiger partial charge on any atom is -0.306 e. The lowest BCUT2D eigenvalue weighted by atomic mass is 10.1. The molecule has 0 saturated carbocycles. The molecule has 110 valence electrons. The van der Waals surface area contributed by atoms with Crippen LogP contribution in [0.1, 0.15) is 24.1 Å². The number of hydrogen-bond donors (Lipinski definition) is 1. The van der Waals surface area contributed by atoms with Crippen molar-refractivity contribution < 1.29 is 9.31 Å². The highest BCUT2D eigenvalue weighted by Gasteiger charge is 2.11. The molecule has 4 nitrogen and oxygen atoms in total. The second-order valence-electron chi connectivity index (χ2n) is 4.70. The van der Waals surface area contributed by atoms with E-state index in [-0.39, 0.29) is 17.5 Å². The van der Waals surface area contributed by atoms with E-state index in [1.165, 1.54) is 24.3 Å². The zero-order chi connectivity index (χ0) is 15.4. The lowest BCUT2D eigenvalue weighted by Crippen LogP contribution is -2.18. The number of non-ortho nitro benzene ring substituents is 1. The lowest BCUT2D eigenvalue weighted by Gasteiger charge is -2.15. The van der Waals surface area contributed by atoms with Gasteiger partial charge in [0.25, 0.3) is 5.69 Å². The molecule has 1 unspecified atom stereocenters. The standard InChI is InChI=1S/C15H14ClFN2O2/c1-10(14-6-5-12(17)8-15(14)16)18-9-11-3-2-4-13(7-11)19(20)21/h2-8,10,18H,9H2,1H3. The van der Waals surface area contributed by atoms with Crippen LogP contribution in [0.2, 0.25) is 5.02 Å². The van der Waals surface area contributed by atoms with Crippen LogP contribution >= 0.6 is 11.6 Å². The highest BCUT2D eigenvalue weighted by atomic mass is 35.5. The summed E-state index contributed by atoms with van der Waals surface area (Å²) in [5.41, 5.74) is 1.64. The predicted molar refractivity (Wildman–Crippen MR) is 79.8 cm³/mol. The van der Waals surface area contributed by atoms with E-state index in [0.29, 0.717) is 11.6 Å². The maximum atomic E-state index is 13.0. The second kappa shape index (κ2) is 6.65. The van der Waals surface area contributed by atoms with Gasteiger partial charge in [-0.25, -0.2) is 4.39 Å². The summed E-state index contributed by atoms with van der Waals surface area (Å²) in [7, 11) is 0. The van der Waals surface area contributed by atoms with Gasteiger partial charge >= 0.3 is 0 Å². The van der Waals surface area contributed by atoms with Crippen molar-refractivity contribution in [1.82, 2.24) is 5.32 Å². The number of nitro groups is 1. The van der Waals surface area contributed by atoms with Crippen LogP contribution in [0.15, 0.2) is 42.5 Å². The first-order valence-electron chi connectivity index (χ1n) is 6.39. The van der Waals surface area contributed by atoms with Crippen molar-refractivity contribution >= 4 is 17.3 Å². The third-order valence-electron chi connectivity index (χ3n) is 3.16. The van der Waals surface area contributed by atoms with Crippen molar-refractivity contribution in [2.45, 2.75) is 19.5 Å². The van der Waals surface area contributed by atoms with Crippen molar-refractivity contribution in [3.63, 3.8) is 0 Å². The average Bonchev–Trinajstić information content (AvgIpc) is 2.45. The summed E-state index contributed by atoms with van der Waals surface area (Å²) in [6.07, 6.45) is 0. The van der Waals surface area contributed by atoms with Gasteiger partial charge in [-0.3, -0.25) is 10.1 Å². The van der Waals surface area contributed by atoms with Gasteiger partial charge in [0, 0.05) is 29.7 Å². The van der Waals surface area contributed by atoms with Gasteiger partial charge < -0.3 is 5.32 Å². The van der Waals surface area contributed by atoms with E-state index < -0.39 is 4.92 Å². The van der Waals surface area contributed by atoms with E-state index in [2.05, 4.69) is 5.32 Å². The molecule has 21 heavy (non-hydrogen) atoms. The van der Waals surface area contributed by atoms with Crippen molar-refractivity contribution in [3.05, 3.63) is 74.5 Å². The Hall–Kier alpha value is -1.98. The third kappa shape index (κ3) is 4.00. The molecule has 0 aromatic heterocycles. The Kier molecular flexibility index (Phi) is 4.88. The highest BCUT2D eigenvalue weighted by molar-refractivity contribution is 6.31. The normalized spacial score (nSPS) is 12.1. The van der Waals surface area contributed by atoms with E-state index in [0.717, 1.165) is 11.1 Å². The molecule has 2 aromatic rings. The molecule has 0 heterocycles. The molecule has 0 radical (unpaired) electrons. The van der Waals surface area contributed by atoms with Gasteiger partial charge in [-0.15, -0.1) is 0 Å². The fourth-order valence-corrected chi connectivity index (χ4v) is 2.34. The summed E-state index contributed by atoms with van der Waals surface area (Å²) < 4.78 is 13.0. The molecule has 0 bridgehead atoms. The number of nitro benzene ring substituents is 1. The van der Waals surface area contributed by atoms with E-state index in [1.807, 2.05) is 6.92 Å². The Morgan fingerprint density at radius 3 is 2.76 bits per heavy atom. The Morgan fingerprint density at radius 1 is 1.33 bits per heavy atom. The third-order valence-corrected chi connectivity index (χ3v) is 3.49. The molecule has 6 heteroatoms. The first-order valence-corrected chi connectivity index (χ1v) is 6.77. The molecular formula is C15H14ClFN2O2. The molecule has 0 spiro atoms. The van der Waals surface area contributed by atoms with Gasteiger partial charge in [-0.1, -0.05) is 29.8 Å². The lowest BCUT2D eigenvalue weighted by molar-refractivity contribution is -0.384. The van der Waals surface area contributed by atoms with Crippen LogP contribution in [0, 0.1) is 15.9 Å². The summed E-state index contributed by atoms with van der Waals surface area (Å²) in [5.74, 6) is -0.380. The molecule has 2 rings (SSSR count). The molecule has 0 aliphatic rings. The van der Waals surface area contributed by atoms with Gasteiger partial charge in [0.05, 0.1) is 4.92 Å². The molecule has 1 N–H and O–H groups in total.